The largest absolute Gasteiger partial charge is 0.310 e. The van der Waals surface area contributed by atoms with E-state index in [0.29, 0.717) is 0 Å². The Kier molecular flexibility index (Phi) is 8.24. The Morgan fingerprint density at radius 1 is 0.236 bits per heavy atom. The first-order valence-corrected chi connectivity index (χ1v) is 18.9. The van der Waals surface area contributed by atoms with E-state index in [2.05, 4.69) is 229 Å². The van der Waals surface area contributed by atoms with Gasteiger partial charge in [0.25, 0.3) is 0 Å². The molecule has 0 fully saturated rings. The lowest BCUT2D eigenvalue weighted by atomic mass is 9.92. The normalized spacial score (nSPS) is 11.3. The summed E-state index contributed by atoms with van der Waals surface area (Å²) >= 11 is 0. The lowest BCUT2D eigenvalue weighted by molar-refractivity contribution is 1.30. The Labute approximate surface area is 322 Å². The van der Waals surface area contributed by atoms with E-state index < -0.39 is 0 Å². The zero-order chi connectivity index (χ0) is 36.6. The summed E-state index contributed by atoms with van der Waals surface area (Å²) in [4.78, 5) is 2.43. The highest BCUT2D eigenvalue weighted by Crippen LogP contribution is 2.45. The van der Waals surface area contributed by atoms with Gasteiger partial charge in [0.1, 0.15) is 0 Å². The van der Waals surface area contributed by atoms with Crippen LogP contribution in [0.3, 0.4) is 0 Å². The van der Waals surface area contributed by atoms with Gasteiger partial charge in [0.2, 0.25) is 0 Å². The quantitative estimate of drug-likeness (QED) is 0.150. The highest BCUT2D eigenvalue weighted by atomic mass is 15.1. The van der Waals surface area contributed by atoms with E-state index in [4.69, 9.17) is 0 Å². The van der Waals surface area contributed by atoms with Crippen LogP contribution in [0.4, 0.5) is 17.1 Å². The number of rotatable bonds is 7. The molecule has 0 atom stereocenters. The van der Waals surface area contributed by atoms with E-state index in [0.717, 1.165) is 17.1 Å². The fourth-order valence-corrected chi connectivity index (χ4v) is 8.07. The fourth-order valence-electron chi connectivity index (χ4n) is 8.07. The van der Waals surface area contributed by atoms with Crippen molar-refractivity contribution in [3.05, 3.63) is 224 Å². The monoisotopic (exact) mass is 699 g/mol. The molecule has 0 amide bonds. The van der Waals surface area contributed by atoms with Gasteiger partial charge in [0, 0.05) is 16.8 Å². The van der Waals surface area contributed by atoms with Gasteiger partial charge in [-0.25, -0.2) is 0 Å². The van der Waals surface area contributed by atoms with Crippen molar-refractivity contribution in [3.8, 4) is 44.5 Å². The minimum atomic E-state index is 1.10. The second kappa shape index (κ2) is 14.0. The zero-order valence-electron chi connectivity index (χ0n) is 30.3. The Morgan fingerprint density at radius 3 is 1.47 bits per heavy atom. The average molecular weight is 700 g/mol. The smallest absolute Gasteiger partial charge is 0.0546 e. The molecule has 1 heteroatoms. The maximum Gasteiger partial charge on any atom is 0.0546 e. The van der Waals surface area contributed by atoms with Gasteiger partial charge in [-0.2, -0.15) is 0 Å². The number of anilines is 3. The molecule has 0 N–H and O–H groups in total. The topological polar surface area (TPSA) is 3.24 Å². The van der Waals surface area contributed by atoms with Gasteiger partial charge >= 0.3 is 0 Å². The van der Waals surface area contributed by atoms with Crippen LogP contribution >= 0.6 is 0 Å². The molecule has 0 unspecified atom stereocenters. The predicted molar refractivity (Wildman–Crippen MR) is 235 cm³/mol. The Bertz CT molecular complexity index is 2950. The van der Waals surface area contributed by atoms with Crippen molar-refractivity contribution in [2.75, 3.05) is 4.90 Å². The van der Waals surface area contributed by atoms with E-state index in [-0.39, 0.29) is 0 Å². The van der Waals surface area contributed by atoms with Crippen LogP contribution in [-0.2, 0) is 0 Å². The molecule has 10 aromatic carbocycles. The standard InChI is InChI=1S/C54H37N/c1-3-13-38(14-4-1)40-29-31-47(32-30-40)55(54-36-46-19-9-10-20-49(46)51-21-11-12-22-52(51)54)48-33-34-50(53(37-48)42-16-5-2-6-17-42)43-26-23-41(24-27-43)45-28-25-39-15-7-8-18-44(39)35-45/h1-37H. The summed E-state index contributed by atoms with van der Waals surface area (Å²) in [6, 6.07) is 81.5. The van der Waals surface area contributed by atoms with E-state index in [1.54, 1.807) is 0 Å². The van der Waals surface area contributed by atoms with Crippen LogP contribution in [0.25, 0.3) is 76.8 Å². The molecular weight excluding hydrogens is 663 g/mol. The van der Waals surface area contributed by atoms with Crippen LogP contribution in [0.2, 0.25) is 0 Å². The van der Waals surface area contributed by atoms with Crippen molar-refractivity contribution in [1.82, 2.24) is 0 Å². The van der Waals surface area contributed by atoms with Crippen LogP contribution in [0.15, 0.2) is 224 Å². The summed E-state index contributed by atoms with van der Waals surface area (Å²) in [5, 5.41) is 7.44. The molecule has 0 aliphatic rings. The Balaban J connectivity index is 1.14. The van der Waals surface area contributed by atoms with Gasteiger partial charge in [-0.1, -0.05) is 188 Å². The van der Waals surface area contributed by atoms with Crippen LogP contribution in [0.1, 0.15) is 0 Å². The minimum absolute atomic E-state index is 1.10. The molecule has 0 bridgehead atoms. The molecule has 0 saturated carbocycles. The van der Waals surface area contributed by atoms with Crippen LogP contribution < -0.4 is 4.90 Å². The molecule has 55 heavy (non-hydrogen) atoms. The summed E-state index contributed by atoms with van der Waals surface area (Å²) in [5.41, 5.74) is 12.9. The van der Waals surface area contributed by atoms with E-state index in [1.807, 2.05) is 0 Å². The molecule has 0 radical (unpaired) electrons. The van der Waals surface area contributed by atoms with Gasteiger partial charge in [0.05, 0.1) is 5.69 Å². The SMILES string of the molecule is c1ccc(-c2ccc(N(c3ccc(-c4ccc(-c5ccc6ccccc6c5)cc4)c(-c4ccccc4)c3)c3cc4ccccc4c4ccccc34)cc2)cc1. The number of nitrogens with zero attached hydrogens (tertiary/aromatic N) is 1. The average Bonchev–Trinajstić information content (AvgIpc) is 3.27. The highest BCUT2D eigenvalue weighted by Gasteiger charge is 2.20. The van der Waals surface area contributed by atoms with Gasteiger partial charge < -0.3 is 4.90 Å². The predicted octanol–water partition coefficient (Wildman–Crippen LogP) is 15.3. The second-order valence-corrected chi connectivity index (χ2v) is 14.1. The van der Waals surface area contributed by atoms with Gasteiger partial charge in [-0.3, -0.25) is 0 Å². The summed E-state index contributed by atoms with van der Waals surface area (Å²) in [5.74, 6) is 0. The summed E-state index contributed by atoms with van der Waals surface area (Å²) < 4.78 is 0. The van der Waals surface area contributed by atoms with E-state index in [1.165, 1.54) is 76.8 Å². The van der Waals surface area contributed by atoms with Crippen LogP contribution in [0, 0.1) is 0 Å². The highest BCUT2D eigenvalue weighted by molar-refractivity contribution is 6.14. The second-order valence-electron chi connectivity index (χ2n) is 14.1. The Morgan fingerprint density at radius 2 is 0.727 bits per heavy atom. The molecule has 0 heterocycles. The Hall–Kier alpha value is -7.22. The summed E-state index contributed by atoms with van der Waals surface area (Å²) in [6.07, 6.45) is 0. The molecule has 10 rings (SSSR count). The molecule has 0 aliphatic heterocycles. The fraction of sp³-hybridized carbons (Fsp3) is 0. The van der Waals surface area contributed by atoms with Crippen LogP contribution in [-0.4, -0.2) is 0 Å². The molecule has 10 aromatic rings. The van der Waals surface area contributed by atoms with Gasteiger partial charge in [0.15, 0.2) is 0 Å². The molecule has 258 valence electrons. The number of hydrogen-bond acceptors (Lipinski definition) is 1. The van der Waals surface area contributed by atoms with Crippen molar-refractivity contribution in [2.45, 2.75) is 0 Å². The molecule has 0 spiro atoms. The lowest BCUT2D eigenvalue weighted by Crippen LogP contribution is -2.11. The van der Waals surface area contributed by atoms with Gasteiger partial charge in [-0.15, -0.1) is 0 Å². The maximum atomic E-state index is 2.43. The third-order valence-electron chi connectivity index (χ3n) is 10.8. The van der Waals surface area contributed by atoms with Crippen molar-refractivity contribution in [1.29, 1.82) is 0 Å². The summed E-state index contributed by atoms with van der Waals surface area (Å²) in [7, 11) is 0. The van der Waals surface area contributed by atoms with Crippen LogP contribution in [0.5, 0.6) is 0 Å². The third-order valence-corrected chi connectivity index (χ3v) is 10.8. The molecule has 0 saturated heterocycles. The third kappa shape index (κ3) is 6.12. The van der Waals surface area contributed by atoms with E-state index in [9.17, 15) is 0 Å². The number of benzene rings is 10. The van der Waals surface area contributed by atoms with Crippen molar-refractivity contribution >= 4 is 49.4 Å². The first-order valence-electron chi connectivity index (χ1n) is 18.9. The zero-order valence-corrected chi connectivity index (χ0v) is 30.3. The lowest BCUT2D eigenvalue weighted by Gasteiger charge is -2.29. The van der Waals surface area contributed by atoms with Crippen molar-refractivity contribution < 1.29 is 0 Å². The molecular formula is C54H37N. The first-order chi connectivity index (χ1) is 27.3. The molecule has 1 nitrogen and oxygen atoms in total. The number of hydrogen-bond donors (Lipinski definition) is 0. The first kappa shape index (κ1) is 32.4. The summed E-state index contributed by atoms with van der Waals surface area (Å²) in [6.45, 7) is 0. The van der Waals surface area contributed by atoms with Crippen molar-refractivity contribution in [3.63, 3.8) is 0 Å². The number of fused-ring (bicyclic) bond motifs is 4. The maximum absolute atomic E-state index is 2.43. The van der Waals surface area contributed by atoms with Crippen molar-refractivity contribution in [2.24, 2.45) is 0 Å². The van der Waals surface area contributed by atoms with E-state index >= 15 is 0 Å². The minimum Gasteiger partial charge on any atom is -0.310 e. The molecule has 0 aromatic heterocycles. The van der Waals surface area contributed by atoms with Gasteiger partial charge in [-0.05, 0) is 108 Å². The molecule has 0 aliphatic carbocycles.